The van der Waals surface area contributed by atoms with E-state index in [0.717, 1.165) is 63.6 Å². The van der Waals surface area contributed by atoms with Crippen molar-refractivity contribution in [3.8, 4) is 0 Å². The third-order valence-electron chi connectivity index (χ3n) is 4.35. The van der Waals surface area contributed by atoms with Crippen molar-refractivity contribution < 1.29 is 9.32 Å². The van der Waals surface area contributed by atoms with Crippen molar-refractivity contribution in [3.63, 3.8) is 0 Å². The Morgan fingerprint density at radius 3 is 2.81 bits per heavy atom. The normalized spacial score (nSPS) is 24.2. The molecule has 2 saturated heterocycles. The highest BCUT2D eigenvalue weighted by Gasteiger charge is 2.28. The van der Waals surface area contributed by atoms with E-state index < -0.39 is 0 Å². The van der Waals surface area contributed by atoms with Crippen LogP contribution in [0.2, 0.25) is 0 Å². The summed E-state index contributed by atoms with van der Waals surface area (Å²) in [6.07, 6.45) is 3.33. The number of nitrogens with one attached hydrogen (secondary N) is 1. The highest BCUT2D eigenvalue weighted by Crippen LogP contribution is 2.13. The number of piperazine rings is 1. The lowest BCUT2D eigenvalue weighted by atomic mass is 10.0. The molecule has 0 bridgehead atoms. The van der Waals surface area contributed by atoms with Crippen LogP contribution in [0.5, 0.6) is 0 Å². The Morgan fingerprint density at radius 1 is 1.38 bits per heavy atom. The summed E-state index contributed by atoms with van der Waals surface area (Å²) in [6.45, 7) is 7.11. The summed E-state index contributed by atoms with van der Waals surface area (Å²) in [5.41, 5.74) is 0.919. The molecule has 0 spiro atoms. The van der Waals surface area contributed by atoms with E-state index in [1.165, 1.54) is 6.42 Å². The topological polar surface area (TPSA) is 61.6 Å². The second-order valence-corrected chi connectivity index (χ2v) is 6.04. The van der Waals surface area contributed by atoms with Gasteiger partial charge in [0.1, 0.15) is 0 Å². The van der Waals surface area contributed by atoms with E-state index >= 15 is 0 Å². The number of hydrogen-bond donors (Lipinski definition) is 1. The molecule has 1 N–H and O–H groups in total. The molecular weight excluding hydrogens is 268 g/mol. The highest BCUT2D eigenvalue weighted by molar-refractivity contribution is 5.82. The Morgan fingerprint density at radius 2 is 2.19 bits per heavy atom. The van der Waals surface area contributed by atoms with Gasteiger partial charge < -0.3 is 14.7 Å². The molecular formula is C15H24N4O2. The first kappa shape index (κ1) is 14.5. The number of nitrogens with zero attached hydrogens (tertiary/aromatic N) is 3. The fourth-order valence-corrected chi connectivity index (χ4v) is 3.12. The van der Waals surface area contributed by atoms with Crippen LogP contribution in [-0.4, -0.2) is 59.6 Å². The van der Waals surface area contributed by atoms with Gasteiger partial charge in [0.05, 0.1) is 18.3 Å². The molecule has 116 valence electrons. The number of hydrogen-bond acceptors (Lipinski definition) is 5. The second kappa shape index (κ2) is 6.58. The maximum atomic E-state index is 12.4. The van der Waals surface area contributed by atoms with Crippen LogP contribution in [0.15, 0.2) is 10.6 Å². The molecule has 1 unspecified atom stereocenters. The largest absolute Gasteiger partial charge is 0.360 e. The lowest BCUT2D eigenvalue weighted by molar-refractivity contribution is -0.135. The predicted octanol–water partition coefficient (Wildman–Crippen LogP) is 0.769. The van der Waals surface area contributed by atoms with Gasteiger partial charge in [0.15, 0.2) is 5.76 Å². The van der Waals surface area contributed by atoms with Crippen molar-refractivity contribution in [3.05, 3.63) is 17.5 Å². The van der Waals surface area contributed by atoms with E-state index in [0.29, 0.717) is 0 Å². The molecule has 2 aliphatic heterocycles. The summed E-state index contributed by atoms with van der Waals surface area (Å²) in [5.74, 6) is 1.19. The first-order valence-electron chi connectivity index (χ1n) is 7.89. The predicted molar refractivity (Wildman–Crippen MR) is 78.7 cm³/mol. The van der Waals surface area contributed by atoms with Crippen molar-refractivity contribution in [2.45, 2.75) is 38.8 Å². The van der Waals surface area contributed by atoms with E-state index in [2.05, 4.69) is 15.4 Å². The van der Waals surface area contributed by atoms with E-state index in [4.69, 9.17) is 4.52 Å². The molecule has 2 fully saturated rings. The lowest BCUT2D eigenvalue weighted by Crippen LogP contribution is -2.54. The summed E-state index contributed by atoms with van der Waals surface area (Å²) in [4.78, 5) is 16.8. The molecule has 1 atom stereocenters. The van der Waals surface area contributed by atoms with Crippen LogP contribution < -0.4 is 5.32 Å². The molecule has 0 aromatic carbocycles. The van der Waals surface area contributed by atoms with Crippen LogP contribution in [-0.2, 0) is 11.3 Å². The first-order valence-corrected chi connectivity index (χ1v) is 7.89. The molecule has 0 aliphatic carbocycles. The Balaban J connectivity index is 1.47. The summed E-state index contributed by atoms with van der Waals surface area (Å²) in [6, 6.07) is 2.02. The van der Waals surface area contributed by atoms with Crippen molar-refractivity contribution in [1.82, 2.24) is 20.3 Å². The monoisotopic (exact) mass is 292 g/mol. The third-order valence-corrected chi connectivity index (χ3v) is 4.35. The number of carbonyl (C=O) groups is 1. The first-order chi connectivity index (χ1) is 10.2. The molecule has 0 radical (unpaired) electrons. The average Bonchev–Trinajstić information content (AvgIpc) is 2.93. The summed E-state index contributed by atoms with van der Waals surface area (Å²) in [7, 11) is 0. The molecule has 1 aromatic heterocycles. The van der Waals surface area contributed by atoms with Gasteiger partial charge in [0, 0.05) is 32.2 Å². The fourth-order valence-electron chi connectivity index (χ4n) is 3.12. The number of aromatic nitrogens is 1. The van der Waals surface area contributed by atoms with Crippen LogP contribution in [0.3, 0.4) is 0 Å². The minimum Gasteiger partial charge on any atom is -0.360 e. The zero-order valence-corrected chi connectivity index (χ0v) is 12.7. The SMILES string of the molecule is Cc1cc(CN2CCN(C(=O)C3CCCCN3)CC2)on1. The molecule has 1 aromatic rings. The van der Waals surface area contributed by atoms with Gasteiger partial charge in [0.2, 0.25) is 5.91 Å². The maximum Gasteiger partial charge on any atom is 0.239 e. The minimum absolute atomic E-state index is 0.0437. The molecule has 2 aliphatic rings. The quantitative estimate of drug-likeness (QED) is 0.891. The van der Waals surface area contributed by atoms with Crippen molar-refractivity contribution in [1.29, 1.82) is 0 Å². The zero-order valence-electron chi connectivity index (χ0n) is 12.7. The third kappa shape index (κ3) is 3.63. The van der Waals surface area contributed by atoms with Gasteiger partial charge in [-0.3, -0.25) is 9.69 Å². The Kier molecular flexibility index (Phi) is 4.55. The number of carbonyl (C=O) groups excluding carboxylic acids is 1. The van der Waals surface area contributed by atoms with Gasteiger partial charge in [-0.05, 0) is 26.3 Å². The maximum absolute atomic E-state index is 12.4. The average molecular weight is 292 g/mol. The zero-order chi connectivity index (χ0) is 14.7. The molecule has 3 heterocycles. The van der Waals surface area contributed by atoms with Crippen LogP contribution in [0.4, 0.5) is 0 Å². The Hall–Kier alpha value is -1.40. The van der Waals surface area contributed by atoms with Gasteiger partial charge in [0.25, 0.3) is 0 Å². The van der Waals surface area contributed by atoms with Crippen LogP contribution >= 0.6 is 0 Å². The number of piperidine rings is 1. The molecule has 3 rings (SSSR count). The van der Waals surface area contributed by atoms with Crippen molar-refractivity contribution in [2.24, 2.45) is 0 Å². The Bertz CT molecular complexity index is 474. The van der Waals surface area contributed by atoms with Crippen LogP contribution in [0.25, 0.3) is 0 Å². The molecule has 6 heteroatoms. The number of amides is 1. The summed E-state index contributed by atoms with van der Waals surface area (Å²) in [5, 5.41) is 7.25. The smallest absolute Gasteiger partial charge is 0.239 e. The molecule has 1 amide bonds. The molecule has 21 heavy (non-hydrogen) atoms. The molecule has 0 saturated carbocycles. The van der Waals surface area contributed by atoms with Gasteiger partial charge in [-0.2, -0.15) is 0 Å². The van der Waals surface area contributed by atoms with Gasteiger partial charge in [-0.1, -0.05) is 11.6 Å². The van der Waals surface area contributed by atoms with Gasteiger partial charge in [-0.25, -0.2) is 0 Å². The van der Waals surface area contributed by atoms with Crippen LogP contribution in [0, 0.1) is 6.92 Å². The van der Waals surface area contributed by atoms with E-state index in [-0.39, 0.29) is 11.9 Å². The lowest BCUT2D eigenvalue weighted by Gasteiger charge is -2.36. The number of aryl methyl sites for hydroxylation is 1. The number of rotatable bonds is 3. The second-order valence-electron chi connectivity index (χ2n) is 6.04. The van der Waals surface area contributed by atoms with E-state index in [9.17, 15) is 4.79 Å². The standard InChI is InChI=1S/C15H24N4O2/c1-12-10-13(21-17-12)11-18-6-8-19(9-7-18)15(20)14-4-2-3-5-16-14/h10,14,16H,2-9,11H2,1H3. The van der Waals surface area contributed by atoms with Crippen molar-refractivity contribution >= 4 is 5.91 Å². The fraction of sp³-hybridized carbons (Fsp3) is 0.733. The minimum atomic E-state index is 0.0437. The molecule has 6 nitrogen and oxygen atoms in total. The summed E-state index contributed by atoms with van der Waals surface area (Å²) < 4.78 is 5.25. The van der Waals surface area contributed by atoms with Gasteiger partial charge in [-0.15, -0.1) is 0 Å². The van der Waals surface area contributed by atoms with Crippen LogP contribution in [0.1, 0.15) is 30.7 Å². The summed E-state index contributed by atoms with van der Waals surface area (Å²) >= 11 is 0. The van der Waals surface area contributed by atoms with Crippen molar-refractivity contribution in [2.75, 3.05) is 32.7 Å². The Labute approximate surface area is 125 Å². The van der Waals surface area contributed by atoms with E-state index in [1.807, 2.05) is 17.9 Å². The highest BCUT2D eigenvalue weighted by atomic mass is 16.5. The van der Waals surface area contributed by atoms with E-state index in [1.54, 1.807) is 0 Å². The van der Waals surface area contributed by atoms with Gasteiger partial charge >= 0.3 is 0 Å².